The normalized spacial score (nSPS) is 19.7. The summed E-state index contributed by atoms with van der Waals surface area (Å²) in [5, 5.41) is 11.6. The van der Waals surface area contributed by atoms with Crippen LogP contribution in [0.1, 0.15) is 36.1 Å². The van der Waals surface area contributed by atoms with E-state index in [0.717, 1.165) is 5.69 Å². The van der Waals surface area contributed by atoms with Crippen molar-refractivity contribution in [3.8, 4) is 11.5 Å². The summed E-state index contributed by atoms with van der Waals surface area (Å²) in [5.74, 6) is 0.839. The quantitative estimate of drug-likeness (QED) is 0.366. The lowest BCUT2D eigenvalue weighted by atomic mass is 9.76. The minimum absolute atomic E-state index is 0.0620. The zero-order chi connectivity index (χ0) is 23.4. The van der Waals surface area contributed by atoms with Crippen LogP contribution in [0.5, 0.6) is 11.5 Å². The van der Waals surface area contributed by atoms with Crippen LogP contribution in [-0.2, 0) is 12.0 Å². The fraction of sp³-hybridized carbons (Fsp3) is 0.259. The monoisotopic (exact) mass is 442 g/mol. The molecule has 0 N–H and O–H groups in total. The third-order valence-corrected chi connectivity index (χ3v) is 6.96. The maximum Gasteiger partial charge on any atom is 0.312 e. The molecule has 2 heterocycles. The third kappa shape index (κ3) is 2.94. The van der Waals surface area contributed by atoms with Crippen molar-refractivity contribution in [3.63, 3.8) is 0 Å². The number of nitro groups is 1. The predicted octanol–water partition coefficient (Wildman–Crippen LogP) is 6.01. The summed E-state index contributed by atoms with van der Waals surface area (Å²) >= 11 is 0. The third-order valence-electron chi connectivity index (χ3n) is 6.96. The zero-order valence-electron chi connectivity index (χ0n) is 19.2. The fourth-order valence-corrected chi connectivity index (χ4v) is 5.23. The topological polar surface area (TPSA) is 64.8 Å². The maximum absolute atomic E-state index is 11.6. The van der Waals surface area contributed by atoms with Gasteiger partial charge >= 0.3 is 5.69 Å². The van der Waals surface area contributed by atoms with Gasteiger partial charge in [0, 0.05) is 29.4 Å². The molecule has 1 unspecified atom stereocenters. The number of anilines is 1. The molecule has 6 nitrogen and oxygen atoms in total. The second kappa shape index (κ2) is 7.37. The van der Waals surface area contributed by atoms with Gasteiger partial charge in [-0.1, -0.05) is 48.5 Å². The molecule has 168 valence electrons. The molecule has 0 fully saturated rings. The van der Waals surface area contributed by atoms with Gasteiger partial charge in [0.2, 0.25) is 11.5 Å². The van der Waals surface area contributed by atoms with Crippen LogP contribution in [0.25, 0.3) is 6.08 Å². The Morgan fingerprint density at radius 3 is 2.48 bits per heavy atom. The molecule has 0 aromatic heterocycles. The van der Waals surface area contributed by atoms with Crippen molar-refractivity contribution in [1.82, 2.24) is 0 Å². The van der Waals surface area contributed by atoms with Crippen LogP contribution in [0.2, 0.25) is 0 Å². The summed E-state index contributed by atoms with van der Waals surface area (Å²) < 4.78 is 12.3. The summed E-state index contributed by atoms with van der Waals surface area (Å²) in [6, 6.07) is 20.2. The molecule has 0 saturated carbocycles. The van der Waals surface area contributed by atoms with E-state index in [4.69, 9.17) is 9.47 Å². The molecule has 0 saturated heterocycles. The molecule has 6 heteroatoms. The Labute approximate surface area is 193 Å². The average molecular weight is 443 g/mol. The van der Waals surface area contributed by atoms with Crippen LogP contribution in [0.3, 0.4) is 0 Å². The molecule has 1 atom stereocenters. The first kappa shape index (κ1) is 21.1. The van der Waals surface area contributed by atoms with E-state index in [-0.39, 0.29) is 11.4 Å². The van der Waals surface area contributed by atoms with E-state index in [0.29, 0.717) is 23.4 Å². The number of methoxy groups -OCH3 is 1. The molecule has 33 heavy (non-hydrogen) atoms. The Balaban J connectivity index is 1.70. The van der Waals surface area contributed by atoms with Crippen LogP contribution < -0.4 is 14.4 Å². The Kier molecular flexibility index (Phi) is 4.71. The van der Waals surface area contributed by atoms with E-state index in [1.54, 1.807) is 0 Å². The van der Waals surface area contributed by atoms with Crippen LogP contribution in [0.15, 0.2) is 66.7 Å². The van der Waals surface area contributed by atoms with Crippen molar-refractivity contribution in [3.05, 3.63) is 99.1 Å². The van der Waals surface area contributed by atoms with Crippen molar-refractivity contribution in [2.45, 2.75) is 38.5 Å². The van der Waals surface area contributed by atoms with E-state index in [2.05, 4.69) is 49.1 Å². The van der Waals surface area contributed by atoms with Crippen molar-refractivity contribution < 1.29 is 14.4 Å². The molecule has 0 radical (unpaired) electrons. The Bertz CT molecular complexity index is 1280. The number of para-hydroxylation sites is 1. The standard InChI is InChI=1S/C27H26N2O4/c1-18-24-20(16-23(29(30)31)25(18)32-4)14-15-27(33-24)26(2,3)21-12-8-9-13-22(21)28(27)17-19-10-6-5-7-11-19/h5-16H,17H2,1-4H3. The van der Waals surface area contributed by atoms with Crippen molar-refractivity contribution in [1.29, 1.82) is 0 Å². The smallest absolute Gasteiger partial charge is 0.312 e. The van der Waals surface area contributed by atoms with Crippen LogP contribution in [0.4, 0.5) is 11.4 Å². The lowest BCUT2D eigenvalue weighted by Crippen LogP contribution is -2.59. The van der Waals surface area contributed by atoms with E-state index in [1.807, 2.05) is 43.3 Å². The predicted molar refractivity (Wildman–Crippen MR) is 129 cm³/mol. The van der Waals surface area contributed by atoms with Crippen LogP contribution in [0, 0.1) is 17.0 Å². The van der Waals surface area contributed by atoms with Gasteiger partial charge in [-0.15, -0.1) is 0 Å². The number of fused-ring (bicyclic) bond motifs is 2. The Morgan fingerprint density at radius 1 is 1.09 bits per heavy atom. The van der Waals surface area contributed by atoms with Crippen molar-refractivity contribution in [2.75, 3.05) is 12.0 Å². The summed E-state index contributed by atoms with van der Waals surface area (Å²) in [7, 11) is 1.45. The van der Waals surface area contributed by atoms with Gasteiger partial charge < -0.3 is 14.4 Å². The van der Waals surface area contributed by atoms with Crippen molar-refractivity contribution >= 4 is 17.5 Å². The van der Waals surface area contributed by atoms with Gasteiger partial charge in [0.25, 0.3) is 0 Å². The fourth-order valence-electron chi connectivity index (χ4n) is 5.23. The summed E-state index contributed by atoms with van der Waals surface area (Å²) in [6.45, 7) is 6.84. The minimum Gasteiger partial charge on any atom is -0.490 e. The van der Waals surface area contributed by atoms with Crippen molar-refractivity contribution in [2.24, 2.45) is 0 Å². The second-order valence-electron chi connectivity index (χ2n) is 9.08. The average Bonchev–Trinajstić information content (AvgIpc) is 2.99. The van der Waals surface area contributed by atoms with Crippen LogP contribution >= 0.6 is 0 Å². The number of benzene rings is 3. The number of nitro benzene ring substituents is 1. The molecule has 3 aromatic rings. The van der Waals surface area contributed by atoms with Gasteiger partial charge in [0.05, 0.1) is 17.4 Å². The number of hydrogen-bond acceptors (Lipinski definition) is 5. The summed E-state index contributed by atoms with van der Waals surface area (Å²) in [5.41, 5.74) is 3.51. The Hall–Kier alpha value is -3.80. The van der Waals surface area contributed by atoms with E-state index < -0.39 is 16.1 Å². The molecule has 5 rings (SSSR count). The Morgan fingerprint density at radius 2 is 1.79 bits per heavy atom. The molecule has 0 amide bonds. The highest BCUT2D eigenvalue weighted by Crippen LogP contribution is 2.56. The number of ether oxygens (including phenoxy) is 2. The number of nitrogens with zero attached hydrogens (tertiary/aromatic N) is 2. The highest BCUT2D eigenvalue weighted by Gasteiger charge is 2.59. The zero-order valence-corrected chi connectivity index (χ0v) is 19.2. The minimum atomic E-state index is -0.814. The first-order valence-electron chi connectivity index (χ1n) is 11.0. The highest BCUT2D eigenvalue weighted by molar-refractivity contribution is 5.76. The first-order valence-corrected chi connectivity index (χ1v) is 11.0. The van der Waals surface area contributed by atoms with Gasteiger partial charge in [0.1, 0.15) is 5.75 Å². The van der Waals surface area contributed by atoms with E-state index in [9.17, 15) is 10.1 Å². The lowest BCUT2D eigenvalue weighted by molar-refractivity contribution is -0.385. The molecule has 2 aliphatic heterocycles. The lowest BCUT2D eigenvalue weighted by Gasteiger charge is -2.47. The van der Waals surface area contributed by atoms with E-state index in [1.165, 1.54) is 24.3 Å². The highest BCUT2D eigenvalue weighted by atomic mass is 16.6. The second-order valence-corrected chi connectivity index (χ2v) is 9.08. The first-order chi connectivity index (χ1) is 15.8. The molecule has 3 aromatic carbocycles. The molecular formula is C27H26N2O4. The van der Waals surface area contributed by atoms with Gasteiger partial charge in [-0.25, -0.2) is 0 Å². The number of hydrogen-bond donors (Lipinski definition) is 0. The summed E-state index contributed by atoms with van der Waals surface area (Å²) in [4.78, 5) is 13.5. The largest absolute Gasteiger partial charge is 0.490 e. The van der Waals surface area contributed by atoms with Crippen LogP contribution in [-0.4, -0.2) is 17.8 Å². The molecule has 2 aliphatic rings. The number of rotatable bonds is 4. The van der Waals surface area contributed by atoms with Gasteiger partial charge in [0.15, 0.2) is 0 Å². The van der Waals surface area contributed by atoms with Gasteiger partial charge in [-0.3, -0.25) is 10.1 Å². The molecular weight excluding hydrogens is 416 g/mol. The maximum atomic E-state index is 11.6. The molecule has 1 spiro atoms. The van der Waals surface area contributed by atoms with E-state index >= 15 is 0 Å². The van der Waals surface area contributed by atoms with Gasteiger partial charge in [-0.05, 0) is 50.1 Å². The SMILES string of the molecule is COc1c([N+](=O)[O-])cc2c(c1C)OC1(C=C2)N(Cc2ccccc2)c2ccccc2C1(C)C. The van der Waals surface area contributed by atoms with Gasteiger partial charge in [-0.2, -0.15) is 0 Å². The molecule has 0 bridgehead atoms. The molecule has 0 aliphatic carbocycles. The summed E-state index contributed by atoms with van der Waals surface area (Å²) in [6.07, 6.45) is 4.00.